The van der Waals surface area contributed by atoms with Crippen LogP contribution in [0.2, 0.25) is 0 Å². The van der Waals surface area contributed by atoms with Crippen molar-refractivity contribution in [2.24, 2.45) is 4.99 Å². The first-order chi connectivity index (χ1) is 10.5. The van der Waals surface area contributed by atoms with Crippen LogP contribution in [0.5, 0.6) is 5.75 Å². The molecule has 116 valence electrons. The van der Waals surface area contributed by atoms with E-state index < -0.39 is 18.2 Å². The number of carbonyl (C=O) groups excluding carboxylic acids is 2. The zero-order valence-electron chi connectivity index (χ0n) is 12.1. The van der Waals surface area contributed by atoms with E-state index in [-0.39, 0.29) is 5.91 Å². The molecule has 2 aliphatic heterocycles. The van der Waals surface area contributed by atoms with Crippen LogP contribution in [0.15, 0.2) is 29.3 Å². The third-order valence-corrected chi connectivity index (χ3v) is 4.46. The molecule has 7 nitrogen and oxygen atoms in total. The van der Waals surface area contributed by atoms with Crippen molar-refractivity contribution in [3.05, 3.63) is 29.8 Å². The molecular formula is C14H15BrN4O3. The average Bonchev–Trinajstić information content (AvgIpc) is 2.83. The maximum Gasteiger partial charge on any atom is 0.325 e. The Kier molecular flexibility index (Phi) is 3.78. The SMILES string of the molecule is COc1cccc(CN2C(Br)=NC3C2C(=O)NC(=O)N3C)c1. The molecule has 1 fully saturated rings. The topological polar surface area (TPSA) is 74.2 Å². The van der Waals surface area contributed by atoms with E-state index in [1.54, 1.807) is 14.2 Å². The highest BCUT2D eigenvalue weighted by Gasteiger charge is 2.47. The normalized spacial score (nSPS) is 24.0. The molecular weight excluding hydrogens is 352 g/mol. The Balaban J connectivity index is 1.86. The van der Waals surface area contributed by atoms with Gasteiger partial charge in [0, 0.05) is 13.6 Å². The van der Waals surface area contributed by atoms with Gasteiger partial charge in [0.25, 0.3) is 5.91 Å². The molecule has 2 unspecified atom stereocenters. The van der Waals surface area contributed by atoms with Crippen LogP contribution >= 0.6 is 15.9 Å². The summed E-state index contributed by atoms with van der Waals surface area (Å²) in [6.45, 7) is 0.484. The van der Waals surface area contributed by atoms with Crippen LogP contribution in [0.1, 0.15) is 5.56 Å². The van der Waals surface area contributed by atoms with Crippen LogP contribution in [0.25, 0.3) is 0 Å². The van der Waals surface area contributed by atoms with E-state index in [2.05, 4.69) is 26.2 Å². The summed E-state index contributed by atoms with van der Waals surface area (Å²) in [6.07, 6.45) is -0.513. The van der Waals surface area contributed by atoms with Crippen molar-refractivity contribution in [2.75, 3.05) is 14.2 Å². The van der Waals surface area contributed by atoms with Gasteiger partial charge >= 0.3 is 6.03 Å². The molecule has 2 heterocycles. The Morgan fingerprint density at radius 3 is 2.91 bits per heavy atom. The second-order valence-corrected chi connectivity index (χ2v) is 5.85. The number of methoxy groups -OCH3 is 1. The molecule has 1 aromatic rings. The highest BCUT2D eigenvalue weighted by molar-refractivity contribution is 9.18. The van der Waals surface area contributed by atoms with Gasteiger partial charge < -0.3 is 14.5 Å². The second kappa shape index (κ2) is 5.60. The van der Waals surface area contributed by atoms with Crippen LogP contribution < -0.4 is 10.1 Å². The summed E-state index contributed by atoms with van der Waals surface area (Å²) < 4.78 is 5.77. The van der Waals surface area contributed by atoms with Crippen LogP contribution in [-0.4, -0.2) is 52.8 Å². The lowest BCUT2D eigenvalue weighted by molar-refractivity contribution is -0.127. The number of benzene rings is 1. The van der Waals surface area contributed by atoms with Gasteiger partial charge in [-0.3, -0.25) is 10.1 Å². The summed E-state index contributed by atoms with van der Waals surface area (Å²) in [6, 6.07) is 6.64. The number of hydrogen-bond acceptors (Lipinski definition) is 5. The largest absolute Gasteiger partial charge is 0.497 e. The lowest BCUT2D eigenvalue weighted by atomic mass is 10.1. The predicted octanol–water partition coefficient (Wildman–Crippen LogP) is 1.14. The fourth-order valence-corrected chi connectivity index (χ4v) is 3.18. The fraction of sp³-hybridized carbons (Fsp3) is 0.357. The average molecular weight is 367 g/mol. The molecule has 1 N–H and O–H groups in total. The Hall–Kier alpha value is -2.09. The van der Waals surface area contributed by atoms with Crippen molar-refractivity contribution < 1.29 is 14.3 Å². The Bertz CT molecular complexity index is 663. The molecule has 0 bridgehead atoms. The zero-order chi connectivity index (χ0) is 15.9. The van der Waals surface area contributed by atoms with Crippen LogP contribution in [0, 0.1) is 0 Å². The number of imide groups is 1. The summed E-state index contributed by atoms with van der Waals surface area (Å²) >= 11 is 3.39. The smallest absolute Gasteiger partial charge is 0.325 e. The van der Waals surface area contributed by atoms with Gasteiger partial charge in [0.1, 0.15) is 5.75 Å². The summed E-state index contributed by atoms with van der Waals surface area (Å²) in [5, 5.41) is 2.35. The number of halogens is 1. The number of amidine groups is 1. The van der Waals surface area contributed by atoms with Crippen molar-refractivity contribution in [3.8, 4) is 5.75 Å². The van der Waals surface area contributed by atoms with E-state index in [1.807, 2.05) is 29.2 Å². The molecule has 22 heavy (non-hydrogen) atoms. The maximum atomic E-state index is 12.2. The van der Waals surface area contributed by atoms with E-state index in [1.165, 1.54) is 4.90 Å². The van der Waals surface area contributed by atoms with Gasteiger partial charge in [-0.25, -0.2) is 9.79 Å². The number of ether oxygens (including phenoxy) is 1. The molecule has 0 aromatic heterocycles. The lowest BCUT2D eigenvalue weighted by Crippen LogP contribution is -2.63. The third-order valence-electron chi connectivity index (χ3n) is 3.80. The predicted molar refractivity (Wildman–Crippen MR) is 83.8 cm³/mol. The Morgan fingerprint density at radius 1 is 1.41 bits per heavy atom. The van der Waals surface area contributed by atoms with Crippen molar-refractivity contribution in [1.29, 1.82) is 0 Å². The second-order valence-electron chi connectivity index (χ2n) is 5.14. The first-order valence-electron chi connectivity index (χ1n) is 6.72. The van der Waals surface area contributed by atoms with Crippen LogP contribution in [-0.2, 0) is 11.3 Å². The minimum atomic E-state index is -0.539. The van der Waals surface area contributed by atoms with Gasteiger partial charge in [0.2, 0.25) is 0 Å². The fourth-order valence-electron chi connectivity index (χ4n) is 2.62. The van der Waals surface area contributed by atoms with E-state index in [4.69, 9.17) is 4.74 Å². The van der Waals surface area contributed by atoms with Crippen LogP contribution in [0.3, 0.4) is 0 Å². The standard InChI is InChI=1S/C14H15BrN4O3/c1-18-11-10(12(20)17-14(18)21)19(13(15)16-11)7-8-4-3-5-9(6-8)22-2/h3-6,10-11H,7H2,1-2H3,(H,17,20,21). The number of hydrogen-bond donors (Lipinski definition) is 1. The number of amides is 3. The highest BCUT2D eigenvalue weighted by Crippen LogP contribution is 2.28. The Morgan fingerprint density at radius 2 is 2.18 bits per heavy atom. The first-order valence-corrected chi connectivity index (χ1v) is 7.51. The van der Waals surface area contributed by atoms with Gasteiger partial charge in [-0.2, -0.15) is 0 Å². The number of nitrogens with one attached hydrogen (secondary N) is 1. The van der Waals surface area contributed by atoms with Gasteiger partial charge in [-0.1, -0.05) is 12.1 Å². The summed E-state index contributed by atoms with van der Waals surface area (Å²) in [5.74, 6) is 0.413. The van der Waals surface area contributed by atoms with Gasteiger partial charge in [-0.05, 0) is 33.6 Å². The molecule has 2 aliphatic rings. The number of urea groups is 1. The quantitative estimate of drug-likeness (QED) is 0.814. The molecule has 8 heteroatoms. The number of aliphatic imine (C=N–C) groups is 1. The third kappa shape index (κ3) is 2.43. The molecule has 1 aromatic carbocycles. The first kappa shape index (κ1) is 14.8. The number of carbonyl (C=O) groups is 2. The Labute approximate surface area is 136 Å². The number of likely N-dealkylation sites (N-methyl/N-ethyl adjacent to an activating group) is 1. The minimum absolute atomic E-state index is 0.339. The van der Waals surface area contributed by atoms with Crippen molar-refractivity contribution in [1.82, 2.24) is 15.1 Å². The molecule has 3 rings (SSSR count). The maximum absolute atomic E-state index is 12.2. The van der Waals surface area contributed by atoms with Gasteiger partial charge in [0.15, 0.2) is 17.0 Å². The van der Waals surface area contributed by atoms with E-state index in [9.17, 15) is 9.59 Å². The monoisotopic (exact) mass is 366 g/mol. The van der Waals surface area contributed by atoms with Crippen molar-refractivity contribution in [2.45, 2.75) is 18.8 Å². The molecule has 0 radical (unpaired) electrons. The van der Waals surface area contributed by atoms with Gasteiger partial charge in [0.05, 0.1) is 7.11 Å². The molecule has 3 amide bonds. The lowest BCUT2D eigenvalue weighted by Gasteiger charge is -2.35. The number of rotatable bonds is 3. The highest BCUT2D eigenvalue weighted by atomic mass is 79.9. The molecule has 1 saturated heterocycles. The van der Waals surface area contributed by atoms with E-state index >= 15 is 0 Å². The van der Waals surface area contributed by atoms with Crippen molar-refractivity contribution in [3.63, 3.8) is 0 Å². The minimum Gasteiger partial charge on any atom is -0.497 e. The van der Waals surface area contributed by atoms with Crippen LogP contribution in [0.4, 0.5) is 4.79 Å². The molecule has 2 atom stereocenters. The summed E-state index contributed by atoms with van der Waals surface area (Å²) in [5.41, 5.74) is 0.986. The van der Waals surface area contributed by atoms with E-state index in [0.29, 0.717) is 11.3 Å². The zero-order valence-corrected chi connectivity index (χ0v) is 13.7. The van der Waals surface area contributed by atoms with Crippen molar-refractivity contribution >= 4 is 32.6 Å². The molecule has 0 aliphatic carbocycles. The number of fused-ring (bicyclic) bond motifs is 1. The summed E-state index contributed by atoms with van der Waals surface area (Å²) in [4.78, 5) is 31.5. The summed E-state index contributed by atoms with van der Waals surface area (Å²) in [7, 11) is 3.23. The molecule has 0 saturated carbocycles. The number of nitrogens with zero attached hydrogens (tertiary/aromatic N) is 3. The van der Waals surface area contributed by atoms with Gasteiger partial charge in [-0.15, -0.1) is 0 Å². The molecule has 0 spiro atoms. The van der Waals surface area contributed by atoms with E-state index in [0.717, 1.165) is 11.3 Å².